The number of nitrogens with zero attached hydrogens (tertiary/aromatic N) is 2. The minimum Gasteiger partial charge on any atom is -0.481 e. The zero-order chi connectivity index (χ0) is 22.7. The van der Waals surface area contributed by atoms with Crippen LogP contribution in [0.1, 0.15) is 6.42 Å². The Morgan fingerprint density at radius 2 is 2.00 bits per heavy atom. The lowest BCUT2D eigenvalue weighted by Gasteiger charge is -2.32. The third kappa shape index (κ3) is 4.77. The molecule has 0 spiro atoms. The first kappa shape index (κ1) is 22.1. The number of urea groups is 1. The number of ketones is 1. The molecule has 162 valence electrons. The van der Waals surface area contributed by atoms with E-state index in [9.17, 15) is 28.0 Å². The number of thiophene rings is 1. The Morgan fingerprint density at radius 1 is 1.26 bits per heavy atom. The van der Waals surface area contributed by atoms with Gasteiger partial charge in [0.2, 0.25) is 0 Å². The summed E-state index contributed by atoms with van der Waals surface area (Å²) in [7, 11) is 1.42. The highest BCUT2D eigenvalue weighted by Crippen LogP contribution is 2.35. The maximum atomic E-state index is 14.2. The van der Waals surface area contributed by atoms with Crippen molar-refractivity contribution >= 4 is 40.0 Å². The highest BCUT2D eigenvalue weighted by molar-refractivity contribution is 7.14. The predicted molar refractivity (Wildman–Crippen MR) is 109 cm³/mol. The number of rotatable bonds is 6. The molecule has 0 radical (unpaired) electrons. The van der Waals surface area contributed by atoms with Gasteiger partial charge in [-0.25, -0.2) is 13.6 Å². The number of likely N-dealkylation sites (N-methyl/N-ethyl adjacent to an activating group) is 1. The van der Waals surface area contributed by atoms with E-state index in [1.165, 1.54) is 30.8 Å². The molecule has 0 aliphatic carbocycles. The van der Waals surface area contributed by atoms with Crippen molar-refractivity contribution in [3.05, 3.63) is 53.6 Å². The van der Waals surface area contributed by atoms with Crippen LogP contribution in [0.5, 0.6) is 0 Å². The number of amides is 3. The number of carbonyl (C=O) groups excluding carboxylic acids is 3. The molecule has 1 aliphatic rings. The number of hydrogen-bond acceptors (Lipinski definition) is 5. The van der Waals surface area contributed by atoms with Crippen LogP contribution in [-0.4, -0.2) is 53.3 Å². The maximum Gasteiger partial charge on any atom is 0.323 e. The van der Waals surface area contributed by atoms with E-state index in [-0.39, 0.29) is 23.5 Å². The Hall–Kier alpha value is -3.60. The van der Waals surface area contributed by atoms with Crippen LogP contribution in [0.4, 0.5) is 18.6 Å². The number of halogens is 2. The van der Waals surface area contributed by atoms with Gasteiger partial charge in [-0.05, 0) is 23.8 Å². The summed E-state index contributed by atoms with van der Waals surface area (Å²) in [5.74, 6) is -3.99. The van der Waals surface area contributed by atoms with E-state index in [0.717, 1.165) is 39.3 Å². The standard InChI is InChI=1S/C20H17F2N3O5S/c1-24-7-5-15(26)18(19(24)29)25(20(30)23-6-4-17(27)28)16-8-11(10-31-16)13-3-2-12(21)9-14(13)22/h2-3,5,7-10,18H,4,6H2,1H3,(H,23,30)(H,27,28)/t18-/m0/s1. The predicted octanol–water partition coefficient (Wildman–Crippen LogP) is 2.61. The molecule has 11 heteroatoms. The molecule has 1 atom stereocenters. The average Bonchev–Trinajstić information content (AvgIpc) is 3.17. The maximum absolute atomic E-state index is 14.2. The number of hydrogen-bond donors (Lipinski definition) is 2. The smallest absolute Gasteiger partial charge is 0.323 e. The number of carboxylic acid groups (broad SMARTS) is 1. The zero-order valence-corrected chi connectivity index (χ0v) is 17.0. The highest BCUT2D eigenvalue weighted by Gasteiger charge is 2.40. The van der Waals surface area contributed by atoms with Crippen molar-refractivity contribution < 1.29 is 33.1 Å². The molecule has 0 saturated carbocycles. The molecule has 3 rings (SSSR count). The molecular formula is C20H17F2N3O5S. The van der Waals surface area contributed by atoms with Gasteiger partial charge in [0.1, 0.15) is 16.6 Å². The van der Waals surface area contributed by atoms with Crippen molar-refractivity contribution in [3.63, 3.8) is 0 Å². The fourth-order valence-corrected chi connectivity index (χ4v) is 3.86. The van der Waals surface area contributed by atoms with Crippen LogP contribution >= 0.6 is 11.3 Å². The van der Waals surface area contributed by atoms with Gasteiger partial charge < -0.3 is 15.3 Å². The summed E-state index contributed by atoms with van der Waals surface area (Å²) in [5, 5.41) is 12.8. The minimum absolute atomic E-state index is 0.0773. The van der Waals surface area contributed by atoms with Crippen molar-refractivity contribution in [2.24, 2.45) is 0 Å². The summed E-state index contributed by atoms with van der Waals surface area (Å²) in [6.07, 6.45) is 2.07. The van der Waals surface area contributed by atoms with E-state index < -0.39 is 41.4 Å². The van der Waals surface area contributed by atoms with E-state index >= 15 is 0 Å². The fraction of sp³-hybridized carbons (Fsp3) is 0.200. The van der Waals surface area contributed by atoms with Crippen LogP contribution in [0.25, 0.3) is 11.1 Å². The van der Waals surface area contributed by atoms with Gasteiger partial charge in [-0.15, -0.1) is 11.3 Å². The van der Waals surface area contributed by atoms with E-state index in [1.54, 1.807) is 0 Å². The Bertz CT molecular complexity index is 1080. The van der Waals surface area contributed by atoms with Gasteiger partial charge in [-0.2, -0.15) is 0 Å². The average molecular weight is 449 g/mol. The lowest BCUT2D eigenvalue weighted by atomic mass is 10.1. The molecule has 2 N–H and O–H groups in total. The number of aliphatic carboxylic acids is 1. The first-order valence-electron chi connectivity index (χ1n) is 9.00. The van der Waals surface area contributed by atoms with Gasteiger partial charge in [0, 0.05) is 42.9 Å². The summed E-state index contributed by atoms with van der Waals surface area (Å²) in [5.41, 5.74) is 0.397. The van der Waals surface area contributed by atoms with Crippen molar-refractivity contribution in [1.82, 2.24) is 10.2 Å². The van der Waals surface area contributed by atoms with Crippen LogP contribution in [0.2, 0.25) is 0 Å². The second kappa shape index (κ2) is 9.04. The lowest BCUT2D eigenvalue weighted by molar-refractivity contribution is -0.137. The first-order chi connectivity index (χ1) is 14.7. The topological polar surface area (TPSA) is 107 Å². The Kier molecular flexibility index (Phi) is 6.44. The Labute approximate surface area is 179 Å². The Balaban J connectivity index is 1.98. The van der Waals surface area contributed by atoms with Crippen LogP contribution in [0.15, 0.2) is 41.9 Å². The molecule has 0 bridgehead atoms. The molecule has 0 unspecified atom stereocenters. The second-order valence-corrected chi connectivity index (χ2v) is 7.50. The molecular weight excluding hydrogens is 432 g/mol. The number of carboxylic acids is 1. The largest absolute Gasteiger partial charge is 0.481 e. The van der Waals surface area contributed by atoms with Gasteiger partial charge in [0.05, 0.1) is 6.42 Å². The Morgan fingerprint density at radius 3 is 2.68 bits per heavy atom. The molecule has 1 aromatic carbocycles. The van der Waals surface area contributed by atoms with E-state index in [4.69, 9.17) is 5.11 Å². The lowest BCUT2D eigenvalue weighted by Crippen LogP contribution is -2.57. The van der Waals surface area contributed by atoms with Gasteiger partial charge in [-0.1, -0.05) is 0 Å². The molecule has 8 nitrogen and oxygen atoms in total. The summed E-state index contributed by atoms with van der Waals surface area (Å²) >= 11 is 0.974. The summed E-state index contributed by atoms with van der Waals surface area (Å²) in [6.45, 7) is -0.226. The number of carbonyl (C=O) groups is 4. The van der Waals surface area contributed by atoms with Crippen molar-refractivity contribution in [3.8, 4) is 11.1 Å². The molecule has 0 saturated heterocycles. The van der Waals surface area contributed by atoms with Crippen LogP contribution < -0.4 is 10.2 Å². The first-order valence-corrected chi connectivity index (χ1v) is 9.88. The van der Waals surface area contributed by atoms with Crippen molar-refractivity contribution in [1.29, 1.82) is 0 Å². The van der Waals surface area contributed by atoms with Crippen LogP contribution in [0.3, 0.4) is 0 Å². The number of benzene rings is 1. The van der Waals surface area contributed by atoms with Crippen molar-refractivity contribution in [2.75, 3.05) is 18.5 Å². The van der Waals surface area contributed by atoms with Gasteiger partial charge >= 0.3 is 12.0 Å². The quantitative estimate of drug-likeness (QED) is 0.660. The minimum atomic E-state index is -1.51. The van der Waals surface area contributed by atoms with E-state index in [2.05, 4.69) is 5.32 Å². The zero-order valence-electron chi connectivity index (χ0n) is 16.2. The van der Waals surface area contributed by atoms with Gasteiger partial charge in [-0.3, -0.25) is 19.3 Å². The van der Waals surface area contributed by atoms with Crippen LogP contribution in [-0.2, 0) is 14.4 Å². The van der Waals surface area contributed by atoms with Gasteiger partial charge in [0.15, 0.2) is 11.8 Å². The molecule has 31 heavy (non-hydrogen) atoms. The highest BCUT2D eigenvalue weighted by atomic mass is 32.1. The fourth-order valence-electron chi connectivity index (χ4n) is 2.92. The molecule has 0 fully saturated rings. The summed E-state index contributed by atoms with van der Waals surface area (Å²) < 4.78 is 27.4. The van der Waals surface area contributed by atoms with E-state index in [1.807, 2.05) is 0 Å². The summed E-state index contributed by atoms with van der Waals surface area (Å²) in [4.78, 5) is 50.8. The van der Waals surface area contributed by atoms with Gasteiger partial charge in [0.25, 0.3) is 5.91 Å². The van der Waals surface area contributed by atoms with Crippen LogP contribution in [0, 0.1) is 11.6 Å². The van der Waals surface area contributed by atoms with Crippen molar-refractivity contribution in [2.45, 2.75) is 12.5 Å². The van der Waals surface area contributed by atoms with E-state index in [0.29, 0.717) is 5.56 Å². The third-order valence-electron chi connectivity index (χ3n) is 4.47. The second-order valence-electron chi connectivity index (χ2n) is 6.61. The molecule has 1 aliphatic heterocycles. The summed E-state index contributed by atoms with van der Waals surface area (Å²) in [6, 6.07) is 2.07. The molecule has 2 heterocycles. The monoisotopic (exact) mass is 449 g/mol. The molecule has 3 amide bonds. The number of nitrogens with one attached hydrogen (secondary N) is 1. The third-order valence-corrected chi connectivity index (χ3v) is 5.40. The molecule has 2 aromatic rings. The number of anilines is 1. The molecule has 1 aromatic heterocycles. The normalized spacial score (nSPS) is 15.8. The SMILES string of the molecule is CN1C=CC(=O)[C@H](N(C(=O)NCCC(=O)O)c2cc(-c3ccc(F)cc3F)cs2)C1=O.